The minimum Gasteiger partial charge on any atom is -0.395 e. The number of aliphatic hydroxyl groups is 1. The molecule has 86 valence electrons. The zero-order valence-electron chi connectivity index (χ0n) is 9.16. The van der Waals surface area contributed by atoms with Crippen LogP contribution in [0.1, 0.15) is 37.6 Å². The van der Waals surface area contributed by atoms with E-state index in [1.807, 2.05) is 6.07 Å². The summed E-state index contributed by atoms with van der Waals surface area (Å²) in [6.45, 7) is 4.39. The van der Waals surface area contributed by atoms with Crippen LogP contribution in [-0.4, -0.2) is 17.8 Å². The van der Waals surface area contributed by atoms with Gasteiger partial charge in [-0.05, 0) is 25.0 Å². The minimum absolute atomic E-state index is 0.177. The van der Waals surface area contributed by atoms with Crippen molar-refractivity contribution in [3.8, 4) is 0 Å². The molecule has 1 rings (SSSR count). The van der Waals surface area contributed by atoms with Gasteiger partial charge in [0, 0.05) is 17.0 Å². The van der Waals surface area contributed by atoms with Crippen LogP contribution in [-0.2, 0) is 0 Å². The predicted molar refractivity (Wildman–Crippen MR) is 66.7 cm³/mol. The fraction of sp³-hybridized carbons (Fsp3) is 0.636. The van der Waals surface area contributed by atoms with Crippen LogP contribution < -0.4 is 5.32 Å². The van der Waals surface area contributed by atoms with Crippen molar-refractivity contribution in [1.82, 2.24) is 5.32 Å². The Morgan fingerprint density at radius 2 is 2.13 bits per heavy atom. The molecule has 0 radical (unpaired) electrons. The lowest BCUT2D eigenvalue weighted by molar-refractivity contribution is 0.227. The normalized spacial score (nSPS) is 15.2. The first-order valence-electron chi connectivity index (χ1n) is 5.33. The fourth-order valence-corrected chi connectivity index (χ4v) is 2.71. The van der Waals surface area contributed by atoms with Crippen molar-refractivity contribution in [2.24, 2.45) is 0 Å². The highest BCUT2D eigenvalue weighted by molar-refractivity contribution is 7.16. The zero-order valence-corrected chi connectivity index (χ0v) is 10.7. The minimum atomic E-state index is 0.177. The second kappa shape index (κ2) is 6.48. The molecule has 0 saturated heterocycles. The molecule has 0 amide bonds. The molecule has 2 N–H and O–H groups in total. The summed E-state index contributed by atoms with van der Waals surface area (Å²) in [5, 5.41) is 12.6. The number of aliphatic hydroxyl groups excluding tert-OH is 1. The summed E-state index contributed by atoms with van der Waals surface area (Å²) in [4.78, 5) is 1.24. The van der Waals surface area contributed by atoms with Crippen LogP contribution in [0.4, 0.5) is 0 Å². The molecule has 0 aliphatic heterocycles. The molecule has 0 aliphatic carbocycles. The molecular formula is C11H18ClNOS. The zero-order chi connectivity index (χ0) is 11.3. The van der Waals surface area contributed by atoms with Crippen molar-refractivity contribution in [1.29, 1.82) is 0 Å². The Balaban J connectivity index is 2.63. The third kappa shape index (κ3) is 3.76. The van der Waals surface area contributed by atoms with Gasteiger partial charge >= 0.3 is 0 Å². The molecule has 2 atom stereocenters. The van der Waals surface area contributed by atoms with Gasteiger partial charge in [0.05, 0.1) is 10.9 Å². The molecule has 2 unspecified atom stereocenters. The van der Waals surface area contributed by atoms with Gasteiger partial charge in [-0.25, -0.2) is 0 Å². The first-order valence-corrected chi connectivity index (χ1v) is 6.52. The Labute approximate surface area is 100 Å². The summed E-state index contributed by atoms with van der Waals surface area (Å²) in [5.74, 6) is 0. The third-order valence-electron chi connectivity index (χ3n) is 2.50. The summed E-state index contributed by atoms with van der Waals surface area (Å²) in [6, 6.07) is 4.46. The lowest BCUT2D eigenvalue weighted by atomic mass is 10.1. The molecule has 1 aromatic heterocycles. The molecule has 0 bridgehead atoms. The highest BCUT2D eigenvalue weighted by atomic mass is 35.5. The van der Waals surface area contributed by atoms with Crippen LogP contribution in [0.3, 0.4) is 0 Å². The highest BCUT2D eigenvalue weighted by Crippen LogP contribution is 2.28. The van der Waals surface area contributed by atoms with Crippen molar-refractivity contribution < 1.29 is 5.11 Å². The van der Waals surface area contributed by atoms with E-state index in [1.54, 1.807) is 11.3 Å². The van der Waals surface area contributed by atoms with E-state index in [0.717, 1.165) is 17.2 Å². The molecule has 0 fully saturated rings. The first kappa shape index (κ1) is 13.0. The number of hydrogen-bond acceptors (Lipinski definition) is 3. The van der Waals surface area contributed by atoms with Gasteiger partial charge in [-0.15, -0.1) is 11.3 Å². The lowest BCUT2D eigenvalue weighted by Gasteiger charge is -2.21. The van der Waals surface area contributed by atoms with Gasteiger partial charge < -0.3 is 10.4 Å². The summed E-state index contributed by atoms with van der Waals surface area (Å²) in [7, 11) is 0. The van der Waals surface area contributed by atoms with Gasteiger partial charge in [-0.3, -0.25) is 0 Å². The van der Waals surface area contributed by atoms with Gasteiger partial charge in [0.15, 0.2) is 0 Å². The highest BCUT2D eigenvalue weighted by Gasteiger charge is 2.15. The van der Waals surface area contributed by atoms with Crippen molar-refractivity contribution in [2.45, 2.75) is 38.8 Å². The average molecular weight is 248 g/mol. The Bertz CT molecular complexity index is 286. The Kier molecular flexibility index (Phi) is 5.61. The van der Waals surface area contributed by atoms with Gasteiger partial charge in [0.1, 0.15) is 0 Å². The van der Waals surface area contributed by atoms with E-state index in [1.165, 1.54) is 4.88 Å². The van der Waals surface area contributed by atoms with E-state index < -0.39 is 0 Å². The smallest absolute Gasteiger partial charge is 0.0931 e. The Morgan fingerprint density at radius 3 is 2.53 bits per heavy atom. The quantitative estimate of drug-likeness (QED) is 0.809. The number of thiophene rings is 1. The van der Waals surface area contributed by atoms with Gasteiger partial charge in [0.25, 0.3) is 0 Å². The summed E-state index contributed by atoms with van der Waals surface area (Å²) >= 11 is 7.51. The second-order valence-electron chi connectivity index (χ2n) is 3.56. The molecule has 1 heterocycles. The van der Waals surface area contributed by atoms with Gasteiger partial charge in [-0.2, -0.15) is 0 Å². The Hall–Kier alpha value is -0.0900. The van der Waals surface area contributed by atoms with Crippen molar-refractivity contribution in [3.63, 3.8) is 0 Å². The van der Waals surface area contributed by atoms with E-state index in [0.29, 0.717) is 6.04 Å². The van der Waals surface area contributed by atoms with Gasteiger partial charge in [0.2, 0.25) is 0 Å². The summed E-state index contributed by atoms with van der Waals surface area (Å²) in [6.07, 6.45) is 1.94. The van der Waals surface area contributed by atoms with E-state index >= 15 is 0 Å². The summed E-state index contributed by atoms with van der Waals surface area (Å²) < 4.78 is 0.822. The van der Waals surface area contributed by atoms with Crippen LogP contribution in [0.5, 0.6) is 0 Å². The van der Waals surface area contributed by atoms with Crippen LogP contribution in [0.15, 0.2) is 12.1 Å². The number of halogens is 1. The van der Waals surface area contributed by atoms with Crippen LogP contribution in [0.25, 0.3) is 0 Å². The molecule has 0 spiro atoms. The lowest BCUT2D eigenvalue weighted by Crippen LogP contribution is -2.34. The van der Waals surface area contributed by atoms with Crippen LogP contribution in [0, 0.1) is 0 Å². The molecule has 0 aromatic carbocycles. The fourth-order valence-electron chi connectivity index (χ4n) is 1.50. The Morgan fingerprint density at radius 1 is 1.40 bits per heavy atom. The maximum absolute atomic E-state index is 9.14. The van der Waals surface area contributed by atoms with E-state index in [2.05, 4.69) is 25.2 Å². The number of rotatable bonds is 6. The van der Waals surface area contributed by atoms with Crippen molar-refractivity contribution in [2.75, 3.05) is 6.61 Å². The standard InChI is InChI=1S/C11H18ClNOS/c1-3-8(7-14)13-9(4-2)10-5-6-11(12)15-10/h5-6,8-9,13-14H,3-4,7H2,1-2H3. The van der Waals surface area contributed by atoms with Crippen molar-refractivity contribution >= 4 is 22.9 Å². The maximum atomic E-state index is 9.14. The SMILES string of the molecule is CCC(CO)NC(CC)c1ccc(Cl)s1. The van der Waals surface area contributed by atoms with E-state index in [9.17, 15) is 0 Å². The van der Waals surface area contributed by atoms with E-state index in [-0.39, 0.29) is 12.6 Å². The topological polar surface area (TPSA) is 32.3 Å². The summed E-state index contributed by atoms with van der Waals surface area (Å²) in [5.41, 5.74) is 0. The molecule has 2 nitrogen and oxygen atoms in total. The average Bonchev–Trinajstić information content (AvgIpc) is 2.67. The maximum Gasteiger partial charge on any atom is 0.0931 e. The third-order valence-corrected chi connectivity index (χ3v) is 3.84. The van der Waals surface area contributed by atoms with Crippen LogP contribution >= 0.6 is 22.9 Å². The van der Waals surface area contributed by atoms with Gasteiger partial charge in [-0.1, -0.05) is 25.4 Å². The molecular weight excluding hydrogens is 230 g/mol. The second-order valence-corrected chi connectivity index (χ2v) is 5.30. The first-order chi connectivity index (χ1) is 7.21. The monoisotopic (exact) mass is 247 g/mol. The number of nitrogens with one attached hydrogen (secondary N) is 1. The molecule has 0 aliphatic rings. The molecule has 4 heteroatoms. The number of hydrogen-bond donors (Lipinski definition) is 2. The largest absolute Gasteiger partial charge is 0.395 e. The molecule has 15 heavy (non-hydrogen) atoms. The van der Waals surface area contributed by atoms with E-state index in [4.69, 9.17) is 16.7 Å². The molecule has 0 saturated carbocycles. The van der Waals surface area contributed by atoms with Crippen molar-refractivity contribution in [3.05, 3.63) is 21.3 Å². The molecule has 1 aromatic rings. The predicted octanol–water partition coefficient (Wildman–Crippen LogP) is 3.21. The van der Waals surface area contributed by atoms with Crippen LogP contribution in [0.2, 0.25) is 4.34 Å².